The molecule has 0 aromatic carbocycles. The SMILES string of the molecule is CC1CCC2(CC1)CC(O)CCO2. The van der Waals surface area contributed by atoms with E-state index in [1.165, 1.54) is 12.8 Å². The van der Waals surface area contributed by atoms with Crippen LogP contribution in [0.15, 0.2) is 0 Å². The van der Waals surface area contributed by atoms with Crippen LogP contribution in [0, 0.1) is 5.92 Å². The average molecular weight is 184 g/mol. The fraction of sp³-hybridized carbons (Fsp3) is 1.00. The summed E-state index contributed by atoms with van der Waals surface area (Å²) >= 11 is 0. The van der Waals surface area contributed by atoms with Crippen LogP contribution in [-0.4, -0.2) is 23.4 Å². The number of rotatable bonds is 0. The fourth-order valence-corrected chi connectivity index (χ4v) is 2.64. The second-order valence-corrected chi connectivity index (χ2v) is 4.86. The molecule has 0 bridgehead atoms. The predicted octanol–water partition coefficient (Wildman–Crippen LogP) is 2.11. The molecule has 76 valence electrons. The molecule has 13 heavy (non-hydrogen) atoms. The van der Waals surface area contributed by atoms with E-state index in [9.17, 15) is 5.11 Å². The van der Waals surface area contributed by atoms with Gasteiger partial charge in [-0.1, -0.05) is 6.92 Å². The number of hydrogen-bond donors (Lipinski definition) is 1. The Hall–Kier alpha value is -0.0800. The van der Waals surface area contributed by atoms with Gasteiger partial charge in [0.2, 0.25) is 0 Å². The van der Waals surface area contributed by atoms with Crippen molar-refractivity contribution in [2.45, 2.75) is 57.2 Å². The van der Waals surface area contributed by atoms with Gasteiger partial charge in [-0.3, -0.25) is 0 Å². The molecule has 1 heterocycles. The average Bonchev–Trinajstić information content (AvgIpc) is 2.11. The summed E-state index contributed by atoms with van der Waals surface area (Å²) in [7, 11) is 0. The zero-order valence-corrected chi connectivity index (χ0v) is 8.46. The van der Waals surface area contributed by atoms with Crippen molar-refractivity contribution < 1.29 is 9.84 Å². The molecular weight excluding hydrogens is 164 g/mol. The zero-order chi connectivity index (χ0) is 9.31. The molecule has 1 saturated carbocycles. The molecule has 1 aliphatic heterocycles. The van der Waals surface area contributed by atoms with E-state index < -0.39 is 0 Å². The molecule has 2 rings (SSSR count). The Balaban J connectivity index is 1.95. The third-order valence-corrected chi connectivity index (χ3v) is 3.65. The molecule has 2 fully saturated rings. The normalized spacial score (nSPS) is 46.6. The largest absolute Gasteiger partial charge is 0.393 e. The van der Waals surface area contributed by atoms with Crippen molar-refractivity contribution in [1.82, 2.24) is 0 Å². The lowest BCUT2D eigenvalue weighted by atomic mass is 9.75. The smallest absolute Gasteiger partial charge is 0.0707 e. The summed E-state index contributed by atoms with van der Waals surface area (Å²) in [6.07, 6.45) is 6.45. The first-order valence-electron chi connectivity index (χ1n) is 5.52. The fourth-order valence-electron chi connectivity index (χ4n) is 2.64. The Labute approximate surface area is 80.3 Å². The van der Waals surface area contributed by atoms with Gasteiger partial charge in [-0.15, -0.1) is 0 Å². The van der Waals surface area contributed by atoms with Crippen LogP contribution in [0.4, 0.5) is 0 Å². The molecule has 1 unspecified atom stereocenters. The maximum atomic E-state index is 9.61. The maximum absolute atomic E-state index is 9.61. The van der Waals surface area contributed by atoms with Gasteiger partial charge in [0.1, 0.15) is 0 Å². The number of aliphatic hydroxyl groups excluding tert-OH is 1. The first kappa shape index (κ1) is 9.47. The molecule has 2 heteroatoms. The van der Waals surface area contributed by atoms with Crippen LogP contribution in [0.2, 0.25) is 0 Å². The van der Waals surface area contributed by atoms with Crippen LogP contribution < -0.4 is 0 Å². The van der Waals surface area contributed by atoms with Gasteiger partial charge in [-0.2, -0.15) is 0 Å². The number of ether oxygens (including phenoxy) is 1. The van der Waals surface area contributed by atoms with Gasteiger partial charge in [0.15, 0.2) is 0 Å². The highest BCUT2D eigenvalue weighted by Crippen LogP contribution is 2.40. The maximum Gasteiger partial charge on any atom is 0.0707 e. The Morgan fingerprint density at radius 1 is 1.23 bits per heavy atom. The van der Waals surface area contributed by atoms with E-state index in [2.05, 4.69) is 6.92 Å². The summed E-state index contributed by atoms with van der Waals surface area (Å²) in [6, 6.07) is 0. The van der Waals surface area contributed by atoms with Gasteiger partial charge in [0, 0.05) is 13.0 Å². The first-order chi connectivity index (χ1) is 6.20. The molecule has 1 aliphatic carbocycles. The van der Waals surface area contributed by atoms with Crippen molar-refractivity contribution in [3.8, 4) is 0 Å². The van der Waals surface area contributed by atoms with Crippen LogP contribution in [0.3, 0.4) is 0 Å². The lowest BCUT2D eigenvalue weighted by Crippen LogP contribution is -2.44. The number of hydrogen-bond acceptors (Lipinski definition) is 2. The van der Waals surface area contributed by atoms with Gasteiger partial charge in [-0.05, 0) is 38.0 Å². The van der Waals surface area contributed by atoms with Crippen LogP contribution in [0.25, 0.3) is 0 Å². The molecule has 2 aliphatic rings. The van der Waals surface area contributed by atoms with E-state index in [0.717, 1.165) is 38.2 Å². The van der Waals surface area contributed by atoms with Crippen molar-refractivity contribution >= 4 is 0 Å². The van der Waals surface area contributed by atoms with Crippen molar-refractivity contribution in [3.63, 3.8) is 0 Å². The summed E-state index contributed by atoms with van der Waals surface area (Å²) in [4.78, 5) is 0. The van der Waals surface area contributed by atoms with E-state index in [4.69, 9.17) is 4.74 Å². The van der Waals surface area contributed by atoms with Crippen LogP contribution >= 0.6 is 0 Å². The molecule has 1 atom stereocenters. The molecule has 1 spiro atoms. The van der Waals surface area contributed by atoms with E-state index >= 15 is 0 Å². The van der Waals surface area contributed by atoms with E-state index in [-0.39, 0.29) is 11.7 Å². The molecule has 2 nitrogen and oxygen atoms in total. The quantitative estimate of drug-likeness (QED) is 0.624. The Kier molecular flexibility index (Phi) is 2.61. The molecule has 1 saturated heterocycles. The molecular formula is C11H20O2. The third-order valence-electron chi connectivity index (χ3n) is 3.65. The van der Waals surface area contributed by atoms with Crippen LogP contribution in [-0.2, 0) is 4.74 Å². The van der Waals surface area contributed by atoms with E-state index in [1.54, 1.807) is 0 Å². The van der Waals surface area contributed by atoms with Crippen LogP contribution in [0.1, 0.15) is 45.4 Å². The monoisotopic (exact) mass is 184 g/mol. The molecule has 0 aromatic rings. The van der Waals surface area contributed by atoms with Crippen molar-refractivity contribution in [2.75, 3.05) is 6.61 Å². The van der Waals surface area contributed by atoms with Crippen LogP contribution in [0.5, 0.6) is 0 Å². The lowest BCUT2D eigenvalue weighted by Gasteiger charge is -2.43. The standard InChI is InChI=1S/C11H20O2/c1-9-2-5-11(6-3-9)8-10(12)4-7-13-11/h9-10,12H,2-8H2,1H3. The second-order valence-electron chi connectivity index (χ2n) is 4.86. The van der Waals surface area contributed by atoms with E-state index in [1.807, 2.05) is 0 Å². The predicted molar refractivity (Wildman–Crippen MR) is 51.6 cm³/mol. The van der Waals surface area contributed by atoms with Crippen molar-refractivity contribution in [3.05, 3.63) is 0 Å². The van der Waals surface area contributed by atoms with Gasteiger partial charge >= 0.3 is 0 Å². The van der Waals surface area contributed by atoms with Gasteiger partial charge in [-0.25, -0.2) is 0 Å². The van der Waals surface area contributed by atoms with Gasteiger partial charge in [0.25, 0.3) is 0 Å². The minimum atomic E-state index is -0.109. The molecule has 0 amide bonds. The minimum absolute atomic E-state index is 0.0597. The summed E-state index contributed by atoms with van der Waals surface area (Å²) in [5.41, 5.74) is 0.0597. The molecule has 0 radical (unpaired) electrons. The Morgan fingerprint density at radius 3 is 2.54 bits per heavy atom. The molecule has 0 aromatic heterocycles. The third kappa shape index (κ3) is 2.05. The van der Waals surface area contributed by atoms with E-state index in [0.29, 0.717) is 0 Å². The summed E-state index contributed by atoms with van der Waals surface area (Å²) in [5.74, 6) is 0.855. The lowest BCUT2D eigenvalue weighted by molar-refractivity contribution is -0.139. The minimum Gasteiger partial charge on any atom is -0.393 e. The van der Waals surface area contributed by atoms with Gasteiger partial charge < -0.3 is 9.84 Å². The molecule has 1 N–H and O–H groups in total. The summed E-state index contributed by atoms with van der Waals surface area (Å²) in [6.45, 7) is 3.07. The first-order valence-corrected chi connectivity index (χ1v) is 5.52. The van der Waals surface area contributed by atoms with Crippen molar-refractivity contribution in [2.24, 2.45) is 5.92 Å². The Morgan fingerprint density at radius 2 is 1.92 bits per heavy atom. The topological polar surface area (TPSA) is 29.5 Å². The summed E-state index contributed by atoms with van der Waals surface area (Å²) in [5, 5.41) is 9.61. The Bertz CT molecular complexity index is 171. The highest BCUT2D eigenvalue weighted by molar-refractivity contribution is 4.90. The summed E-state index contributed by atoms with van der Waals surface area (Å²) < 4.78 is 5.87. The number of aliphatic hydroxyl groups is 1. The zero-order valence-electron chi connectivity index (χ0n) is 8.46. The van der Waals surface area contributed by atoms with Gasteiger partial charge in [0.05, 0.1) is 11.7 Å². The van der Waals surface area contributed by atoms with Crippen molar-refractivity contribution in [1.29, 1.82) is 0 Å². The highest BCUT2D eigenvalue weighted by Gasteiger charge is 2.39. The highest BCUT2D eigenvalue weighted by atomic mass is 16.5. The second kappa shape index (κ2) is 3.58.